The molecule has 2 aliphatic rings. The summed E-state index contributed by atoms with van der Waals surface area (Å²) in [6.45, 7) is 6.98. The van der Waals surface area contributed by atoms with Crippen LogP contribution >= 0.6 is 24.0 Å². The Hall–Kier alpha value is -0.730. The lowest BCUT2D eigenvalue weighted by atomic mass is 9.96. The first kappa shape index (κ1) is 22.3. The molecule has 0 bridgehead atoms. The zero-order valence-corrected chi connectivity index (χ0v) is 18.3. The van der Waals surface area contributed by atoms with Crippen molar-refractivity contribution in [3.05, 3.63) is 0 Å². The fourth-order valence-corrected chi connectivity index (χ4v) is 3.46. The van der Waals surface area contributed by atoms with E-state index in [1.54, 1.807) is 0 Å². The van der Waals surface area contributed by atoms with E-state index in [2.05, 4.69) is 10.3 Å². The molecule has 1 aliphatic carbocycles. The van der Waals surface area contributed by atoms with Crippen LogP contribution < -0.4 is 11.1 Å². The zero-order chi connectivity index (χ0) is 17.6. The van der Waals surface area contributed by atoms with E-state index in [0.29, 0.717) is 18.5 Å². The molecule has 7 heteroatoms. The first-order valence-electron chi connectivity index (χ1n) is 9.41. The summed E-state index contributed by atoms with van der Waals surface area (Å²) in [6, 6.07) is 0.538. The lowest BCUT2D eigenvalue weighted by Gasteiger charge is -2.36. The number of nitrogens with zero attached hydrogens (tertiary/aromatic N) is 2. The molecule has 6 nitrogen and oxygen atoms in total. The number of halogens is 1. The van der Waals surface area contributed by atoms with Crippen molar-refractivity contribution >= 4 is 36.0 Å². The molecule has 1 unspecified atom stereocenters. The first-order valence-corrected chi connectivity index (χ1v) is 9.41. The highest BCUT2D eigenvalue weighted by atomic mass is 127. The van der Waals surface area contributed by atoms with E-state index in [4.69, 9.17) is 10.5 Å². The lowest BCUT2D eigenvalue weighted by Crippen LogP contribution is -2.48. The predicted molar refractivity (Wildman–Crippen MR) is 112 cm³/mol. The molecular formula is C18H35IN4O2. The van der Waals surface area contributed by atoms with Gasteiger partial charge in [0.2, 0.25) is 0 Å². The van der Waals surface area contributed by atoms with Gasteiger partial charge in [-0.1, -0.05) is 19.3 Å². The van der Waals surface area contributed by atoms with Gasteiger partial charge in [-0.3, -0.25) is 4.99 Å². The number of guanidine groups is 1. The third kappa shape index (κ3) is 8.00. The van der Waals surface area contributed by atoms with Gasteiger partial charge in [-0.25, -0.2) is 4.79 Å². The van der Waals surface area contributed by atoms with Crippen LogP contribution in [0.15, 0.2) is 4.99 Å². The second kappa shape index (κ2) is 10.4. The van der Waals surface area contributed by atoms with Gasteiger partial charge < -0.3 is 20.7 Å². The summed E-state index contributed by atoms with van der Waals surface area (Å²) in [7, 11) is 0. The summed E-state index contributed by atoms with van der Waals surface area (Å²) in [4.78, 5) is 18.7. The van der Waals surface area contributed by atoms with Crippen LogP contribution in [0.5, 0.6) is 0 Å². The van der Waals surface area contributed by atoms with Gasteiger partial charge in [0, 0.05) is 12.6 Å². The second-order valence-corrected chi connectivity index (χ2v) is 8.03. The van der Waals surface area contributed by atoms with Gasteiger partial charge in [0.15, 0.2) is 5.96 Å². The van der Waals surface area contributed by atoms with Crippen molar-refractivity contribution in [3.63, 3.8) is 0 Å². The summed E-state index contributed by atoms with van der Waals surface area (Å²) in [6.07, 6.45) is 9.06. The number of carbonyl (C=O) groups excluding carboxylic acids is 1. The fourth-order valence-electron chi connectivity index (χ4n) is 3.46. The normalized spacial score (nSPS) is 22.9. The predicted octanol–water partition coefficient (Wildman–Crippen LogP) is 3.63. The smallest absolute Gasteiger partial charge is 0.410 e. The molecule has 1 saturated carbocycles. The highest BCUT2D eigenvalue weighted by molar-refractivity contribution is 14.0. The molecule has 1 heterocycles. The summed E-state index contributed by atoms with van der Waals surface area (Å²) in [5.41, 5.74) is 5.58. The Balaban J connectivity index is 0.00000312. The largest absolute Gasteiger partial charge is 0.444 e. The van der Waals surface area contributed by atoms with Crippen LogP contribution in [0.3, 0.4) is 0 Å². The highest BCUT2D eigenvalue weighted by Gasteiger charge is 2.30. The van der Waals surface area contributed by atoms with Crippen LogP contribution in [-0.2, 0) is 4.74 Å². The van der Waals surface area contributed by atoms with Crippen LogP contribution in [0.25, 0.3) is 0 Å². The topological polar surface area (TPSA) is 80.0 Å². The van der Waals surface area contributed by atoms with Crippen LogP contribution in [-0.4, -0.2) is 47.7 Å². The number of nitrogens with two attached hydrogens (primary N) is 1. The summed E-state index contributed by atoms with van der Waals surface area (Å²) in [5.74, 6) is 0.511. The van der Waals surface area contributed by atoms with E-state index in [1.165, 1.54) is 32.1 Å². The Morgan fingerprint density at radius 1 is 1.16 bits per heavy atom. The number of nitrogens with one attached hydrogen (secondary N) is 1. The number of hydrogen-bond donors (Lipinski definition) is 2. The number of rotatable bonds is 3. The van der Waals surface area contributed by atoms with Gasteiger partial charge in [-0.05, 0) is 52.9 Å². The Morgan fingerprint density at radius 2 is 1.80 bits per heavy atom. The van der Waals surface area contributed by atoms with Crippen molar-refractivity contribution in [1.82, 2.24) is 10.2 Å². The standard InChI is InChI=1S/C18H34N4O2.HI/c1-18(2,3)24-17(23)22-12-8-7-11-15(22)13-20-16(19)21-14-9-5-4-6-10-14;/h14-15H,4-13H2,1-3H3,(H3,19,20,21);1H. The molecule has 0 aromatic carbocycles. The number of likely N-dealkylation sites (tertiary alicyclic amines) is 1. The number of carbonyl (C=O) groups is 1. The molecule has 1 saturated heterocycles. The molecule has 3 N–H and O–H groups in total. The average Bonchev–Trinajstić information content (AvgIpc) is 2.52. The summed E-state index contributed by atoms with van der Waals surface area (Å²) in [5, 5.41) is 3.33. The third-order valence-corrected chi connectivity index (χ3v) is 4.68. The van der Waals surface area contributed by atoms with Gasteiger partial charge in [0.25, 0.3) is 0 Å². The molecule has 146 valence electrons. The zero-order valence-electron chi connectivity index (χ0n) is 15.9. The van der Waals surface area contributed by atoms with Crippen LogP contribution in [0.1, 0.15) is 72.1 Å². The minimum atomic E-state index is -0.468. The van der Waals surface area contributed by atoms with Gasteiger partial charge in [-0.15, -0.1) is 24.0 Å². The van der Waals surface area contributed by atoms with E-state index in [0.717, 1.165) is 25.8 Å². The number of piperidine rings is 1. The molecule has 0 spiro atoms. The molecular weight excluding hydrogens is 431 g/mol. The van der Waals surface area contributed by atoms with Gasteiger partial charge in [0.1, 0.15) is 5.60 Å². The molecule has 1 atom stereocenters. The first-order chi connectivity index (χ1) is 11.3. The average molecular weight is 466 g/mol. The van der Waals surface area contributed by atoms with Crippen LogP contribution in [0, 0.1) is 0 Å². The molecule has 2 rings (SSSR count). The van der Waals surface area contributed by atoms with E-state index in [9.17, 15) is 4.79 Å². The fraction of sp³-hybridized carbons (Fsp3) is 0.889. The van der Waals surface area contributed by atoms with Gasteiger partial charge in [-0.2, -0.15) is 0 Å². The van der Waals surface area contributed by atoms with Crippen molar-refractivity contribution in [1.29, 1.82) is 0 Å². The molecule has 25 heavy (non-hydrogen) atoms. The third-order valence-electron chi connectivity index (χ3n) is 4.68. The van der Waals surface area contributed by atoms with Crippen LogP contribution in [0.4, 0.5) is 4.79 Å². The maximum absolute atomic E-state index is 12.4. The van der Waals surface area contributed by atoms with Crippen molar-refractivity contribution in [3.8, 4) is 0 Å². The molecule has 0 aromatic rings. The van der Waals surface area contributed by atoms with E-state index in [-0.39, 0.29) is 36.1 Å². The van der Waals surface area contributed by atoms with Crippen molar-refractivity contribution < 1.29 is 9.53 Å². The molecule has 0 aromatic heterocycles. The molecule has 1 aliphatic heterocycles. The van der Waals surface area contributed by atoms with Crippen LogP contribution in [0.2, 0.25) is 0 Å². The minimum absolute atomic E-state index is 0. The summed E-state index contributed by atoms with van der Waals surface area (Å²) >= 11 is 0. The molecule has 0 radical (unpaired) electrons. The number of aliphatic imine (C=N–C) groups is 1. The number of hydrogen-bond acceptors (Lipinski definition) is 3. The maximum atomic E-state index is 12.4. The SMILES string of the molecule is CC(C)(C)OC(=O)N1CCCCC1CN=C(N)NC1CCCCC1.I. The van der Waals surface area contributed by atoms with Gasteiger partial charge in [0.05, 0.1) is 12.6 Å². The minimum Gasteiger partial charge on any atom is -0.444 e. The highest BCUT2D eigenvalue weighted by Crippen LogP contribution is 2.21. The molecule has 2 fully saturated rings. The summed E-state index contributed by atoms with van der Waals surface area (Å²) < 4.78 is 5.53. The monoisotopic (exact) mass is 466 g/mol. The Kier molecular flexibility index (Phi) is 9.30. The van der Waals surface area contributed by atoms with Crippen molar-refractivity contribution in [2.75, 3.05) is 13.1 Å². The number of amides is 1. The van der Waals surface area contributed by atoms with Crippen molar-refractivity contribution in [2.24, 2.45) is 10.7 Å². The Labute approximate surface area is 169 Å². The quantitative estimate of drug-likeness (QED) is 0.378. The Morgan fingerprint density at radius 3 is 2.44 bits per heavy atom. The number of ether oxygens (including phenoxy) is 1. The molecule has 1 amide bonds. The van der Waals surface area contributed by atoms with E-state index >= 15 is 0 Å². The lowest BCUT2D eigenvalue weighted by molar-refractivity contribution is 0.0110. The van der Waals surface area contributed by atoms with Crippen molar-refractivity contribution in [2.45, 2.75) is 89.8 Å². The second-order valence-electron chi connectivity index (χ2n) is 8.03. The van der Waals surface area contributed by atoms with E-state index in [1.807, 2.05) is 25.7 Å². The maximum Gasteiger partial charge on any atom is 0.410 e. The van der Waals surface area contributed by atoms with E-state index < -0.39 is 5.60 Å². The van der Waals surface area contributed by atoms with Gasteiger partial charge >= 0.3 is 6.09 Å². The Bertz CT molecular complexity index is 445.